The minimum Gasteiger partial charge on any atom is -0.423 e. The normalized spacial score (nSPS) is 10.9. The van der Waals surface area contributed by atoms with Crippen molar-refractivity contribution in [2.75, 3.05) is 11.9 Å². The molecule has 2 aromatic carbocycles. The Balaban J connectivity index is 1.72. The summed E-state index contributed by atoms with van der Waals surface area (Å²) >= 11 is 0. The summed E-state index contributed by atoms with van der Waals surface area (Å²) in [5.74, 6) is 0.00675. The number of aromatic nitrogens is 1. The number of rotatable bonds is 4. The second kappa shape index (κ2) is 7.76. The molecule has 28 heavy (non-hydrogen) atoms. The number of hydrogen-bond acceptors (Lipinski definition) is 3. The highest BCUT2D eigenvalue weighted by Crippen LogP contribution is 2.24. The molecule has 0 saturated carbocycles. The number of benzene rings is 2. The minimum atomic E-state index is -0.418. The predicted molar refractivity (Wildman–Crippen MR) is 111 cm³/mol. The minimum absolute atomic E-state index is 0.0555. The van der Waals surface area contributed by atoms with E-state index in [4.69, 9.17) is 4.74 Å². The average molecular weight is 379 g/mol. The number of anilines is 1. The molecule has 6 heteroatoms. The smallest absolute Gasteiger partial charge is 0.343 e. The van der Waals surface area contributed by atoms with Crippen LogP contribution in [-0.4, -0.2) is 30.1 Å². The molecule has 6 nitrogen and oxygen atoms in total. The maximum Gasteiger partial charge on any atom is 0.343 e. The number of nitrogens with one attached hydrogen (secondary N) is 2. The van der Waals surface area contributed by atoms with E-state index in [9.17, 15) is 9.59 Å². The van der Waals surface area contributed by atoms with Crippen LogP contribution < -0.4 is 15.0 Å². The Kier molecular flexibility index (Phi) is 5.40. The molecule has 2 amide bonds. The van der Waals surface area contributed by atoms with Gasteiger partial charge in [0.2, 0.25) is 0 Å². The number of amides is 2. The van der Waals surface area contributed by atoms with Crippen molar-refractivity contribution in [3.05, 3.63) is 59.3 Å². The van der Waals surface area contributed by atoms with Crippen molar-refractivity contribution in [3.63, 3.8) is 0 Å². The first-order valence-corrected chi connectivity index (χ1v) is 9.21. The SMILES string of the molecule is Cc1[nH]c2ccc(C(=O)Oc3ccc(N(C)C(=O)NC(C)C)cc3)cc2c1C. The molecular weight excluding hydrogens is 354 g/mol. The van der Waals surface area contributed by atoms with Gasteiger partial charge in [0.25, 0.3) is 0 Å². The molecule has 0 fully saturated rings. The molecule has 1 aromatic heterocycles. The summed E-state index contributed by atoms with van der Waals surface area (Å²) in [4.78, 5) is 29.4. The van der Waals surface area contributed by atoms with Crippen LogP contribution in [0.15, 0.2) is 42.5 Å². The van der Waals surface area contributed by atoms with Crippen LogP contribution in [0.25, 0.3) is 10.9 Å². The van der Waals surface area contributed by atoms with E-state index in [1.54, 1.807) is 37.4 Å². The first-order valence-electron chi connectivity index (χ1n) is 9.21. The summed E-state index contributed by atoms with van der Waals surface area (Å²) < 4.78 is 5.49. The molecule has 0 bridgehead atoms. The molecule has 0 spiro atoms. The molecule has 146 valence electrons. The Labute approximate surface area is 164 Å². The number of nitrogens with zero attached hydrogens (tertiary/aromatic N) is 1. The Morgan fingerprint density at radius 2 is 1.75 bits per heavy atom. The number of carbonyl (C=O) groups excluding carboxylic acids is 2. The van der Waals surface area contributed by atoms with Gasteiger partial charge in [0.1, 0.15) is 5.75 Å². The topological polar surface area (TPSA) is 74.4 Å². The van der Waals surface area contributed by atoms with Crippen LogP contribution in [0.2, 0.25) is 0 Å². The van der Waals surface area contributed by atoms with E-state index in [1.807, 2.05) is 39.8 Å². The van der Waals surface area contributed by atoms with Crippen molar-refractivity contribution in [1.29, 1.82) is 0 Å². The van der Waals surface area contributed by atoms with Gasteiger partial charge in [0, 0.05) is 35.4 Å². The lowest BCUT2D eigenvalue weighted by Crippen LogP contribution is -2.40. The third-order valence-electron chi connectivity index (χ3n) is 4.70. The van der Waals surface area contributed by atoms with E-state index in [2.05, 4.69) is 10.3 Å². The fourth-order valence-electron chi connectivity index (χ4n) is 2.95. The van der Waals surface area contributed by atoms with Gasteiger partial charge in [0.05, 0.1) is 5.56 Å². The summed E-state index contributed by atoms with van der Waals surface area (Å²) in [6, 6.07) is 12.2. The van der Waals surface area contributed by atoms with E-state index < -0.39 is 5.97 Å². The number of carbonyl (C=O) groups is 2. The zero-order valence-electron chi connectivity index (χ0n) is 16.8. The number of aromatic amines is 1. The Hall–Kier alpha value is -3.28. The molecule has 2 N–H and O–H groups in total. The van der Waals surface area contributed by atoms with E-state index in [0.29, 0.717) is 17.0 Å². The van der Waals surface area contributed by atoms with Crippen LogP contribution in [0, 0.1) is 13.8 Å². The highest BCUT2D eigenvalue weighted by atomic mass is 16.5. The number of hydrogen-bond donors (Lipinski definition) is 2. The van der Waals surface area contributed by atoms with Crippen LogP contribution in [0.1, 0.15) is 35.5 Å². The molecule has 0 saturated heterocycles. The van der Waals surface area contributed by atoms with Gasteiger partial charge in [-0.05, 0) is 75.7 Å². The van der Waals surface area contributed by atoms with Gasteiger partial charge < -0.3 is 15.0 Å². The van der Waals surface area contributed by atoms with Crippen LogP contribution in [0.3, 0.4) is 0 Å². The zero-order valence-corrected chi connectivity index (χ0v) is 16.8. The van der Waals surface area contributed by atoms with E-state index >= 15 is 0 Å². The van der Waals surface area contributed by atoms with Crippen molar-refractivity contribution < 1.29 is 14.3 Å². The lowest BCUT2D eigenvalue weighted by Gasteiger charge is -2.20. The van der Waals surface area contributed by atoms with Gasteiger partial charge >= 0.3 is 12.0 Å². The molecule has 3 aromatic rings. The second-order valence-corrected chi connectivity index (χ2v) is 7.18. The molecule has 1 heterocycles. The summed E-state index contributed by atoms with van der Waals surface area (Å²) in [5, 5.41) is 3.84. The van der Waals surface area contributed by atoms with Crippen molar-refractivity contribution >= 4 is 28.6 Å². The predicted octanol–water partition coefficient (Wildman–Crippen LogP) is 4.56. The van der Waals surface area contributed by atoms with Crippen molar-refractivity contribution in [3.8, 4) is 5.75 Å². The molecule has 0 aliphatic heterocycles. The van der Waals surface area contributed by atoms with Gasteiger partial charge in [-0.25, -0.2) is 9.59 Å². The maximum absolute atomic E-state index is 12.5. The van der Waals surface area contributed by atoms with Gasteiger partial charge in [-0.15, -0.1) is 0 Å². The monoisotopic (exact) mass is 379 g/mol. The summed E-state index contributed by atoms with van der Waals surface area (Å²) in [6.45, 7) is 7.84. The highest BCUT2D eigenvalue weighted by Gasteiger charge is 2.14. The zero-order chi connectivity index (χ0) is 20.4. The van der Waals surface area contributed by atoms with Gasteiger partial charge in [-0.2, -0.15) is 0 Å². The number of H-pyrrole nitrogens is 1. The molecule has 0 aliphatic rings. The molecule has 0 unspecified atom stereocenters. The quantitative estimate of drug-likeness (QED) is 0.515. The number of aryl methyl sites for hydroxylation is 2. The summed E-state index contributed by atoms with van der Waals surface area (Å²) in [7, 11) is 1.69. The first kappa shape index (κ1) is 19.5. The number of urea groups is 1. The molecule has 0 radical (unpaired) electrons. The standard InChI is InChI=1S/C22H25N3O3/c1-13(2)23-22(27)25(5)17-7-9-18(10-8-17)28-21(26)16-6-11-20-19(12-16)14(3)15(4)24-20/h6-13,24H,1-5H3,(H,23,27). The van der Waals surface area contributed by atoms with Crippen LogP contribution in [0.4, 0.5) is 10.5 Å². The lowest BCUT2D eigenvalue weighted by molar-refractivity contribution is 0.0735. The van der Waals surface area contributed by atoms with Crippen molar-refractivity contribution in [2.45, 2.75) is 33.7 Å². The largest absolute Gasteiger partial charge is 0.423 e. The molecule has 0 aliphatic carbocycles. The van der Waals surface area contributed by atoms with Gasteiger partial charge in [0.15, 0.2) is 0 Å². The lowest BCUT2D eigenvalue weighted by atomic mass is 10.1. The summed E-state index contributed by atoms with van der Waals surface area (Å²) in [5.41, 5.74) is 4.40. The molecule has 0 atom stereocenters. The fraction of sp³-hybridized carbons (Fsp3) is 0.273. The average Bonchev–Trinajstić information content (AvgIpc) is 2.94. The van der Waals surface area contributed by atoms with E-state index in [-0.39, 0.29) is 12.1 Å². The molecular formula is C22H25N3O3. The number of esters is 1. The van der Waals surface area contributed by atoms with Gasteiger partial charge in [-0.1, -0.05) is 0 Å². The highest BCUT2D eigenvalue weighted by molar-refractivity contribution is 5.97. The van der Waals surface area contributed by atoms with Crippen LogP contribution in [-0.2, 0) is 0 Å². The van der Waals surface area contributed by atoms with Crippen molar-refractivity contribution in [1.82, 2.24) is 10.3 Å². The van der Waals surface area contributed by atoms with E-state index in [1.165, 1.54) is 4.90 Å². The number of ether oxygens (including phenoxy) is 1. The fourth-order valence-corrected chi connectivity index (χ4v) is 2.95. The van der Waals surface area contributed by atoms with Crippen LogP contribution >= 0.6 is 0 Å². The number of fused-ring (bicyclic) bond motifs is 1. The summed E-state index contributed by atoms with van der Waals surface area (Å²) in [6.07, 6.45) is 0. The van der Waals surface area contributed by atoms with Gasteiger partial charge in [-0.3, -0.25) is 4.90 Å². The third kappa shape index (κ3) is 4.01. The van der Waals surface area contributed by atoms with Crippen molar-refractivity contribution in [2.24, 2.45) is 0 Å². The Bertz CT molecular complexity index is 1020. The van der Waals surface area contributed by atoms with Crippen LogP contribution in [0.5, 0.6) is 5.75 Å². The Morgan fingerprint density at radius 3 is 2.39 bits per heavy atom. The maximum atomic E-state index is 12.5. The van der Waals surface area contributed by atoms with E-state index in [0.717, 1.165) is 22.2 Å². The Morgan fingerprint density at radius 1 is 1.07 bits per heavy atom. The molecule has 3 rings (SSSR count). The third-order valence-corrected chi connectivity index (χ3v) is 4.70. The first-order chi connectivity index (χ1) is 13.3. The second-order valence-electron chi connectivity index (χ2n) is 7.18.